The summed E-state index contributed by atoms with van der Waals surface area (Å²) in [6.45, 7) is 12.2. The Kier molecular flexibility index (Phi) is 7.89. The van der Waals surface area contributed by atoms with Gasteiger partial charge in [0.15, 0.2) is 0 Å². The molecule has 2 atom stereocenters. The van der Waals surface area contributed by atoms with Gasteiger partial charge in [-0.1, -0.05) is 50.3 Å². The topological polar surface area (TPSA) is 97.0 Å². The van der Waals surface area contributed by atoms with Gasteiger partial charge in [0.2, 0.25) is 0 Å². The van der Waals surface area contributed by atoms with Crippen LogP contribution in [-0.4, -0.2) is 36.9 Å². The standard InChI is InChI=1S/C27H32N4O3/c1-17(2)25-16-34-27(33)31(25)24-13-22(21-8-6-18(3)7-9-21)12-23(14-24)26(32)30-20(5)19(4)15-29-11-10-28/h6-15,17,20,25H,4,16,28H2,1-3,5H3,(H,30,32)/b11-10-,29-15-/t20?,25-/m0/s1. The van der Waals surface area contributed by atoms with Crippen LogP contribution in [0.1, 0.15) is 36.7 Å². The van der Waals surface area contributed by atoms with Crippen LogP contribution in [0.4, 0.5) is 10.5 Å². The van der Waals surface area contributed by atoms with Crippen LogP contribution in [0, 0.1) is 12.8 Å². The number of anilines is 1. The van der Waals surface area contributed by atoms with E-state index in [9.17, 15) is 9.59 Å². The SMILES string of the molecule is C=C(/C=N\C=C/N)C(C)NC(=O)c1cc(-c2ccc(C)cc2)cc(N2C(=O)OC[C@H]2C(C)C)c1. The first kappa shape index (κ1) is 24.8. The second-order valence-corrected chi connectivity index (χ2v) is 8.78. The number of hydrogen-bond acceptors (Lipinski definition) is 5. The summed E-state index contributed by atoms with van der Waals surface area (Å²) in [5, 5.41) is 2.95. The highest BCUT2D eigenvalue weighted by Crippen LogP contribution is 2.32. The Labute approximate surface area is 201 Å². The Morgan fingerprint density at radius 1 is 1.21 bits per heavy atom. The lowest BCUT2D eigenvalue weighted by Crippen LogP contribution is -2.38. The molecular formula is C27H32N4O3. The first-order valence-corrected chi connectivity index (χ1v) is 11.3. The molecule has 178 valence electrons. The van der Waals surface area contributed by atoms with E-state index >= 15 is 0 Å². The minimum Gasteiger partial charge on any atom is -0.447 e. The van der Waals surface area contributed by atoms with Gasteiger partial charge in [0, 0.05) is 29.9 Å². The normalized spacial score (nSPS) is 16.9. The maximum Gasteiger partial charge on any atom is 0.414 e. The number of ether oxygens (including phenoxy) is 1. The molecule has 3 N–H and O–H groups in total. The predicted octanol–water partition coefficient (Wildman–Crippen LogP) is 4.82. The van der Waals surface area contributed by atoms with Gasteiger partial charge < -0.3 is 15.8 Å². The van der Waals surface area contributed by atoms with Gasteiger partial charge >= 0.3 is 6.09 Å². The van der Waals surface area contributed by atoms with E-state index in [1.165, 1.54) is 12.4 Å². The van der Waals surface area contributed by atoms with E-state index in [1.807, 2.05) is 64.1 Å². The number of aliphatic imine (C=N–C) groups is 1. The molecule has 0 saturated carbocycles. The maximum absolute atomic E-state index is 13.2. The molecule has 1 aliphatic rings. The zero-order valence-corrected chi connectivity index (χ0v) is 20.1. The fourth-order valence-electron chi connectivity index (χ4n) is 3.69. The molecule has 7 heteroatoms. The summed E-state index contributed by atoms with van der Waals surface area (Å²) in [4.78, 5) is 31.5. The smallest absolute Gasteiger partial charge is 0.414 e. The highest BCUT2D eigenvalue weighted by molar-refractivity contribution is 6.00. The Bertz CT molecular complexity index is 1120. The van der Waals surface area contributed by atoms with E-state index in [1.54, 1.807) is 17.2 Å². The zero-order valence-electron chi connectivity index (χ0n) is 20.1. The summed E-state index contributed by atoms with van der Waals surface area (Å²) in [5.41, 5.74) is 9.92. The van der Waals surface area contributed by atoms with Gasteiger partial charge in [-0.3, -0.25) is 14.7 Å². The Hall–Kier alpha value is -3.87. The fourth-order valence-corrected chi connectivity index (χ4v) is 3.69. The molecule has 2 aromatic rings. The molecule has 1 aliphatic heterocycles. The molecule has 0 aliphatic carbocycles. The van der Waals surface area contributed by atoms with Gasteiger partial charge in [-0.2, -0.15) is 0 Å². The number of hydrogen-bond donors (Lipinski definition) is 2. The number of amides is 2. The summed E-state index contributed by atoms with van der Waals surface area (Å²) >= 11 is 0. The van der Waals surface area contributed by atoms with Crippen molar-refractivity contribution in [3.05, 3.63) is 78.1 Å². The van der Waals surface area contributed by atoms with E-state index in [0.717, 1.165) is 16.7 Å². The lowest BCUT2D eigenvalue weighted by molar-refractivity contribution is 0.0946. The van der Waals surface area contributed by atoms with Crippen molar-refractivity contribution >= 4 is 23.9 Å². The minimum absolute atomic E-state index is 0.109. The number of nitrogens with one attached hydrogen (secondary N) is 1. The average Bonchev–Trinajstić information content (AvgIpc) is 3.21. The van der Waals surface area contributed by atoms with Gasteiger partial charge in [-0.05, 0) is 54.7 Å². The molecule has 1 fully saturated rings. The number of rotatable bonds is 8. The molecule has 2 amide bonds. The van der Waals surface area contributed by atoms with E-state index in [0.29, 0.717) is 23.4 Å². The van der Waals surface area contributed by atoms with Crippen LogP contribution in [0.2, 0.25) is 0 Å². The lowest BCUT2D eigenvalue weighted by atomic mass is 9.98. The van der Waals surface area contributed by atoms with Crippen LogP contribution >= 0.6 is 0 Å². The summed E-state index contributed by atoms with van der Waals surface area (Å²) in [6, 6.07) is 13.1. The molecule has 3 rings (SSSR count). The second-order valence-electron chi connectivity index (χ2n) is 8.78. The van der Waals surface area contributed by atoms with Crippen LogP contribution < -0.4 is 16.0 Å². The lowest BCUT2D eigenvalue weighted by Gasteiger charge is -2.25. The van der Waals surface area contributed by atoms with Crippen molar-refractivity contribution in [2.75, 3.05) is 11.5 Å². The van der Waals surface area contributed by atoms with Gasteiger partial charge in [-0.25, -0.2) is 4.79 Å². The van der Waals surface area contributed by atoms with Crippen molar-refractivity contribution in [1.29, 1.82) is 0 Å². The summed E-state index contributed by atoms with van der Waals surface area (Å²) < 4.78 is 5.34. The van der Waals surface area contributed by atoms with E-state index in [-0.39, 0.29) is 23.9 Å². The highest BCUT2D eigenvalue weighted by atomic mass is 16.6. The molecule has 1 saturated heterocycles. The number of cyclic esters (lactones) is 1. The quantitative estimate of drug-likeness (QED) is 0.552. The van der Waals surface area contributed by atoms with Crippen molar-refractivity contribution < 1.29 is 14.3 Å². The van der Waals surface area contributed by atoms with Crippen molar-refractivity contribution in [2.24, 2.45) is 16.6 Å². The molecule has 0 bridgehead atoms. The molecule has 0 spiro atoms. The summed E-state index contributed by atoms with van der Waals surface area (Å²) in [7, 11) is 0. The molecular weight excluding hydrogens is 428 g/mol. The first-order valence-electron chi connectivity index (χ1n) is 11.3. The number of benzene rings is 2. The van der Waals surface area contributed by atoms with Crippen molar-refractivity contribution in [2.45, 2.75) is 39.8 Å². The number of aryl methyl sites for hydroxylation is 1. The van der Waals surface area contributed by atoms with Crippen molar-refractivity contribution in [3.63, 3.8) is 0 Å². The van der Waals surface area contributed by atoms with Gasteiger partial charge in [0.1, 0.15) is 6.61 Å². The monoisotopic (exact) mass is 460 g/mol. The van der Waals surface area contributed by atoms with Crippen molar-refractivity contribution in [3.8, 4) is 11.1 Å². The largest absolute Gasteiger partial charge is 0.447 e. The Morgan fingerprint density at radius 3 is 2.56 bits per heavy atom. The molecule has 0 aromatic heterocycles. The summed E-state index contributed by atoms with van der Waals surface area (Å²) in [5.74, 6) is -0.0859. The van der Waals surface area contributed by atoms with Crippen LogP contribution in [0.15, 0.2) is 72.0 Å². The third kappa shape index (κ3) is 5.73. The van der Waals surface area contributed by atoms with E-state index in [2.05, 4.69) is 16.9 Å². The molecule has 7 nitrogen and oxygen atoms in total. The van der Waals surface area contributed by atoms with Crippen LogP contribution in [-0.2, 0) is 4.74 Å². The third-order valence-electron chi connectivity index (χ3n) is 5.83. The number of nitrogens with two attached hydrogens (primary N) is 1. The molecule has 1 unspecified atom stereocenters. The van der Waals surface area contributed by atoms with E-state index in [4.69, 9.17) is 10.5 Å². The van der Waals surface area contributed by atoms with Gasteiger partial charge in [-0.15, -0.1) is 0 Å². The maximum atomic E-state index is 13.2. The highest BCUT2D eigenvalue weighted by Gasteiger charge is 2.36. The molecule has 34 heavy (non-hydrogen) atoms. The number of carbonyl (C=O) groups excluding carboxylic acids is 2. The van der Waals surface area contributed by atoms with Gasteiger partial charge in [0.25, 0.3) is 5.91 Å². The molecule has 2 aromatic carbocycles. The average molecular weight is 461 g/mol. The number of carbonyl (C=O) groups is 2. The van der Waals surface area contributed by atoms with Crippen LogP contribution in [0.25, 0.3) is 11.1 Å². The number of nitrogens with zero attached hydrogens (tertiary/aromatic N) is 2. The minimum atomic E-state index is -0.406. The Balaban J connectivity index is 1.99. The predicted molar refractivity (Wildman–Crippen MR) is 137 cm³/mol. The van der Waals surface area contributed by atoms with Crippen LogP contribution in [0.5, 0.6) is 0 Å². The van der Waals surface area contributed by atoms with Gasteiger partial charge in [0.05, 0.1) is 12.1 Å². The molecule has 0 radical (unpaired) electrons. The third-order valence-corrected chi connectivity index (χ3v) is 5.83. The second kappa shape index (κ2) is 10.8. The van der Waals surface area contributed by atoms with E-state index < -0.39 is 6.09 Å². The summed E-state index contributed by atoms with van der Waals surface area (Å²) in [6.07, 6.45) is 3.91. The zero-order chi connectivity index (χ0) is 24.8. The first-order chi connectivity index (χ1) is 16.2. The fraction of sp³-hybridized carbons (Fsp3) is 0.296. The molecule has 1 heterocycles. The van der Waals surface area contributed by atoms with Crippen molar-refractivity contribution in [1.82, 2.24) is 5.32 Å². The Morgan fingerprint density at radius 2 is 1.91 bits per heavy atom. The van der Waals surface area contributed by atoms with Crippen LogP contribution in [0.3, 0.4) is 0 Å².